The molecule has 0 aliphatic carbocycles. The van der Waals surface area contributed by atoms with E-state index in [1.165, 1.54) is 4.90 Å². The van der Waals surface area contributed by atoms with Crippen LogP contribution in [0.5, 0.6) is 0 Å². The lowest BCUT2D eigenvalue weighted by atomic mass is 10.1. The lowest BCUT2D eigenvalue weighted by Gasteiger charge is -2.22. The van der Waals surface area contributed by atoms with Gasteiger partial charge in [0.25, 0.3) is 0 Å². The third-order valence-corrected chi connectivity index (χ3v) is 2.36. The Morgan fingerprint density at radius 2 is 1.88 bits per heavy atom. The van der Waals surface area contributed by atoms with Gasteiger partial charge >= 0.3 is 5.97 Å². The lowest BCUT2D eigenvalue weighted by molar-refractivity contribution is -0.144. The van der Waals surface area contributed by atoms with E-state index in [4.69, 9.17) is 10.8 Å². The second-order valence-corrected chi connectivity index (χ2v) is 4.66. The molecule has 0 saturated carbocycles. The Bertz CT molecular complexity index is 242. The number of nitrogens with zero attached hydrogens (tertiary/aromatic N) is 1. The normalized spacial score (nSPS) is 10.6. The zero-order chi connectivity index (χ0) is 13.3. The number of carboxylic acid groups (broad SMARTS) is 1. The summed E-state index contributed by atoms with van der Waals surface area (Å²) in [5.74, 6) is -0.749. The van der Waals surface area contributed by atoms with Crippen molar-refractivity contribution in [2.75, 3.05) is 19.6 Å². The average Bonchev–Trinajstić information content (AvgIpc) is 2.22. The van der Waals surface area contributed by atoms with Crippen molar-refractivity contribution < 1.29 is 14.7 Å². The van der Waals surface area contributed by atoms with E-state index in [-0.39, 0.29) is 18.4 Å². The minimum absolute atomic E-state index is 0.0712. The predicted octanol–water partition coefficient (Wildman–Crippen LogP) is 1.07. The number of carbonyl (C=O) groups excluding carboxylic acids is 1. The van der Waals surface area contributed by atoms with E-state index in [9.17, 15) is 9.59 Å². The SMILES string of the molecule is CC(C)CN(CC(=O)O)C(=O)CCCCCN. The first kappa shape index (κ1) is 15.9. The molecule has 0 bridgehead atoms. The molecule has 0 rings (SSSR count). The fourth-order valence-corrected chi connectivity index (χ4v) is 1.61. The highest BCUT2D eigenvalue weighted by atomic mass is 16.4. The fourth-order valence-electron chi connectivity index (χ4n) is 1.61. The molecule has 0 aromatic heterocycles. The third-order valence-electron chi connectivity index (χ3n) is 2.36. The largest absolute Gasteiger partial charge is 0.480 e. The van der Waals surface area contributed by atoms with Crippen LogP contribution in [0.15, 0.2) is 0 Å². The summed E-state index contributed by atoms with van der Waals surface area (Å²) in [7, 11) is 0. The number of amides is 1. The molecule has 0 radical (unpaired) electrons. The van der Waals surface area contributed by atoms with Gasteiger partial charge in [-0.25, -0.2) is 0 Å². The molecule has 3 N–H and O–H groups in total. The van der Waals surface area contributed by atoms with Crippen LogP contribution in [0.2, 0.25) is 0 Å². The first-order valence-corrected chi connectivity index (χ1v) is 6.17. The summed E-state index contributed by atoms with van der Waals surface area (Å²) < 4.78 is 0. The summed E-state index contributed by atoms with van der Waals surface area (Å²) in [6.07, 6.45) is 3.03. The average molecular weight is 244 g/mol. The molecule has 17 heavy (non-hydrogen) atoms. The molecule has 0 fully saturated rings. The van der Waals surface area contributed by atoms with E-state index >= 15 is 0 Å². The van der Waals surface area contributed by atoms with Gasteiger partial charge in [0.05, 0.1) is 0 Å². The minimum atomic E-state index is -0.957. The lowest BCUT2D eigenvalue weighted by Crippen LogP contribution is -2.38. The number of rotatable bonds is 9. The van der Waals surface area contributed by atoms with Crippen molar-refractivity contribution in [3.63, 3.8) is 0 Å². The van der Waals surface area contributed by atoms with E-state index in [0.717, 1.165) is 19.3 Å². The predicted molar refractivity (Wildman–Crippen MR) is 66.6 cm³/mol. The summed E-state index contributed by atoms with van der Waals surface area (Å²) in [6, 6.07) is 0. The van der Waals surface area contributed by atoms with Crippen LogP contribution in [0, 0.1) is 5.92 Å². The Balaban J connectivity index is 4.08. The Hall–Kier alpha value is -1.10. The van der Waals surface area contributed by atoms with Gasteiger partial charge in [0.2, 0.25) is 5.91 Å². The van der Waals surface area contributed by atoms with Crippen LogP contribution in [0.4, 0.5) is 0 Å². The first-order valence-electron chi connectivity index (χ1n) is 6.17. The molecule has 0 atom stereocenters. The highest BCUT2D eigenvalue weighted by Gasteiger charge is 2.17. The molecule has 5 heteroatoms. The van der Waals surface area contributed by atoms with Gasteiger partial charge in [-0.05, 0) is 25.3 Å². The standard InChI is InChI=1S/C12H24N2O3/c1-10(2)8-14(9-12(16)17)11(15)6-4-3-5-7-13/h10H,3-9,13H2,1-2H3,(H,16,17). The molecule has 0 aromatic rings. The highest BCUT2D eigenvalue weighted by molar-refractivity contribution is 5.81. The molecular formula is C12H24N2O3. The zero-order valence-electron chi connectivity index (χ0n) is 10.8. The van der Waals surface area contributed by atoms with Gasteiger partial charge in [0, 0.05) is 13.0 Å². The molecule has 0 aliphatic heterocycles. The van der Waals surface area contributed by atoms with Crippen LogP contribution in [-0.4, -0.2) is 41.5 Å². The maximum Gasteiger partial charge on any atom is 0.323 e. The van der Waals surface area contributed by atoms with Gasteiger partial charge in [0.1, 0.15) is 6.54 Å². The van der Waals surface area contributed by atoms with Gasteiger partial charge in [-0.2, -0.15) is 0 Å². The maximum atomic E-state index is 11.8. The van der Waals surface area contributed by atoms with E-state index in [1.54, 1.807) is 0 Å². The summed E-state index contributed by atoms with van der Waals surface area (Å²) in [5.41, 5.74) is 5.36. The molecule has 1 amide bonds. The fraction of sp³-hybridized carbons (Fsp3) is 0.833. The highest BCUT2D eigenvalue weighted by Crippen LogP contribution is 2.06. The molecule has 0 heterocycles. The van der Waals surface area contributed by atoms with Crippen molar-refractivity contribution >= 4 is 11.9 Å². The van der Waals surface area contributed by atoms with Gasteiger partial charge in [0.15, 0.2) is 0 Å². The van der Waals surface area contributed by atoms with Gasteiger partial charge in [-0.1, -0.05) is 20.3 Å². The van der Waals surface area contributed by atoms with Crippen molar-refractivity contribution in [3.05, 3.63) is 0 Å². The van der Waals surface area contributed by atoms with Crippen LogP contribution in [0.1, 0.15) is 39.5 Å². The third kappa shape index (κ3) is 8.68. The summed E-state index contributed by atoms with van der Waals surface area (Å²) in [4.78, 5) is 23.9. The number of unbranched alkanes of at least 4 members (excludes halogenated alkanes) is 2. The Morgan fingerprint density at radius 3 is 2.35 bits per heavy atom. The van der Waals surface area contributed by atoms with E-state index in [1.807, 2.05) is 13.8 Å². The molecule has 5 nitrogen and oxygen atoms in total. The van der Waals surface area contributed by atoms with Crippen molar-refractivity contribution in [1.29, 1.82) is 0 Å². The van der Waals surface area contributed by atoms with Crippen LogP contribution in [-0.2, 0) is 9.59 Å². The van der Waals surface area contributed by atoms with Gasteiger partial charge in [-0.15, -0.1) is 0 Å². The Labute approximate surface area is 103 Å². The molecule has 100 valence electrons. The van der Waals surface area contributed by atoms with Gasteiger partial charge < -0.3 is 15.7 Å². The van der Waals surface area contributed by atoms with Crippen LogP contribution in [0.3, 0.4) is 0 Å². The molecular weight excluding hydrogens is 220 g/mol. The zero-order valence-corrected chi connectivity index (χ0v) is 10.8. The summed E-state index contributed by atoms with van der Waals surface area (Å²) in [6.45, 7) is 4.88. The maximum absolute atomic E-state index is 11.8. The second kappa shape index (κ2) is 8.98. The summed E-state index contributed by atoms with van der Waals surface area (Å²) >= 11 is 0. The topological polar surface area (TPSA) is 83.6 Å². The first-order chi connectivity index (χ1) is 7.97. The van der Waals surface area contributed by atoms with E-state index in [0.29, 0.717) is 19.5 Å². The number of carboxylic acids is 1. The quantitative estimate of drug-likeness (QED) is 0.594. The van der Waals surface area contributed by atoms with Crippen LogP contribution >= 0.6 is 0 Å². The number of nitrogens with two attached hydrogens (primary N) is 1. The molecule has 0 aliphatic rings. The molecule has 0 unspecified atom stereocenters. The monoisotopic (exact) mass is 244 g/mol. The number of aliphatic carboxylic acids is 1. The molecule has 0 aromatic carbocycles. The van der Waals surface area contributed by atoms with Crippen molar-refractivity contribution in [3.8, 4) is 0 Å². The van der Waals surface area contributed by atoms with Crippen LogP contribution in [0.25, 0.3) is 0 Å². The number of carbonyl (C=O) groups is 2. The van der Waals surface area contributed by atoms with E-state index < -0.39 is 5.97 Å². The van der Waals surface area contributed by atoms with E-state index in [2.05, 4.69) is 0 Å². The number of hydrogen-bond acceptors (Lipinski definition) is 3. The van der Waals surface area contributed by atoms with Crippen molar-refractivity contribution in [1.82, 2.24) is 4.90 Å². The molecule has 0 saturated heterocycles. The minimum Gasteiger partial charge on any atom is -0.480 e. The van der Waals surface area contributed by atoms with Crippen molar-refractivity contribution in [2.24, 2.45) is 11.7 Å². The van der Waals surface area contributed by atoms with Gasteiger partial charge in [-0.3, -0.25) is 9.59 Å². The summed E-state index contributed by atoms with van der Waals surface area (Å²) in [5, 5.41) is 8.74. The second-order valence-electron chi connectivity index (χ2n) is 4.66. The smallest absolute Gasteiger partial charge is 0.323 e. The molecule has 0 spiro atoms. The van der Waals surface area contributed by atoms with Crippen LogP contribution < -0.4 is 5.73 Å². The van der Waals surface area contributed by atoms with Crippen molar-refractivity contribution in [2.45, 2.75) is 39.5 Å². The number of hydrogen-bond donors (Lipinski definition) is 2. The Kier molecular flexibility index (Phi) is 8.40. The Morgan fingerprint density at radius 1 is 1.24 bits per heavy atom.